The Hall–Kier alpha value is -2.07. The minimum Gasteiger partial charge on any atom is -0.388 e. The summed E-state index contributed by atoms with van der Waals surface area (Å²) in [4.78, 5) is 8.93. The topological polar surface area (TPSA) is 73.7 Å². The first kappa shape index (κ1) is 24.3. The lowest BCUT2D eigenvalue weighted by molar-refractivity contribution is -0.141. The molecule has 6 nitrogen and oxygen atoms in total. The molecule has 1 aliphatic carbocycles. The lowest BCUT2D eigenvalue weighted by Crippen LogP contribution is -2.33. The van der Waals surface area contributed by atoms with Crippen molar-refractivity contribution in [1.82, 2.24) is 9.97 Å². The van der Waals surface area contributed by atoms with E-state index in [1.165, 1.54) is 12.3 Å². The molecule has 4 aliphatic rings. The number of alkyl halides is 3. The maximum absolute atomic E-state index is 13.2. The van der Waals surface area contributed by atoms with E-state index in [4.69, 9.17) is 19.2 Å². The summed E-state index contributed by atoms with van der Waals surface area (Å²) in [5.41, 5.74) is 3.22. The zero-order chi connectivity index (χ0) is 25.3. The summed E-state index contributed by atoms with van der Waals surface area (Å²) in [6.07, 6.45) is -0.993. The molecule has 0 amide bonds. The van der Waals surface area contributed by atoms with Crippen LogP contribution in [-0.4, -0.2) is 41.5 Å². The fraction of sp³-hybridized carbons (Fsp3) is 0.630. The summed E-state index contributed by atoms with van der Waals surface area (Å²) in [6, 6.07) is 2.46. The van der Waals surface area contributed by atoms with Crippen molar-refractivity contribution in [3.63, 3.8) is 0 Å². The highest BCUT2D eigenvalue weighted by molar-refractivity contribution is 5.54. The fourth-order valence-corrected chi connectivity index (χ4v) is 6.51. The summed E-state index contributed by atoms with van der Waals surface area (Å²) in [5.74, 6) is 0.144. The summed E-state index contributed by atoms with van der Waals surface area (Å²) in [7, 11) is 0. The molecule has 1 N–H and O–H groups in total. The quantitative estimate of drug-likeness (QED) is 0.611. The van der Waals surface area contributed by atoms with Crippen LogP contribution in [-0.2, 0) is 32.4 Å². The predicted molar refractivity (Wildman–Crippen MR) is 123 cm³/mol. The normalized spacial score (nSPS) is 29.9. The van der Waals surface area contributed by atoms with Gasteiger partial charge in [-0.2, -0.15) is 13.2 Å². The Balaban J connectivity index is 1.57. The maximum atomic E-state index is 13.2. The van der Waals surface area contributed by atoms with Gasteiger partial charge in [-0.25, -0.2) is 0 Å². The Labute approximate surface area is 208 Å². The molecule has 0 radical (unpaired) electrons. The van der Waals surface area contributed by atoms with Crippen LogP contribution >= 0.6 is 0 Å². The second-order valence-corrected chi connectivity index (χ2v) is 11.4. The number of rotatable bonds is 2. The van der Waals surface area contributed by atoms with Gasteiger partial charge in [-0.3, -0.25) is 9.97 Å². The first-order chi connectivity index (χ1) is 17.1. The lowest BCUT2D eigenvalue weighted by atomic mass is 9.70. The standard InChI is InChI=1S/C27H31F3N2O4/c1-25(2)11-17-20(18(33)12-25)22-21(23(32-17)15-5-8-34-9-6-15)24(36-26(22)7-10-35-14-26)16-3-4-19(31-13-16)27(28,29)30/h3-4,13,15,18,24,33H,5-12,14H2,1-2H3. The van der Waals surface area contributed by atoms with E-state index in [0.29, 0.717) is 44.8 Å². The third-order valence-corrected chi connectivity index (χ3v) is 8.14. The van der Waals surface area contributed by atoms with Gasteiger partial charge in [0.05, 0.1) is 18.4 Å². The smallest absolute Gasteiger partial charge is 0.388 e. The Bertz CT molecular complexity index is 1150. The molecule has 5 heterocycles. The zero-order valence-electron chi connectivity index (χ0n) is 20.5. The van der Waals surface area contributed by atoms with E-state index in [2.05, 4.69) is 18.8 Å². The van der Waals surface area contributed by atoms with Crippen molar-refractivity contribution in [2.24, 2.45) is 5.41 Å². The SMILES string of the molecule is CC1(C)Cc2nc(C3CCOCC3)c3c(c2C(O)C1)C1(CCOC1)OC3c1ccc(C(F)(F)F)nc1. The largest absolute Gasteiger partial charge is 0.433 e. The molecule has 2 aromatic heterocycles. The lowest BCUT2D eigenvalue weighted by Gasteiger charge is -2.38. The van der Waals surface area contributed by atoms with Crippen LogP contribution in [0.2, 0.25) is 0 Å². The van der Waals surface area contributed by atoms with E-state index >= 15 is 0 Å². The maximum Gasteiger partial charge on any atom is 0.433 e. The second-order valence-electron chi connectivity index (χ2n) is 11.4. The van der Waals surface area contributed by atoms with Gasteiger partial charge in [0.25, 0.3) is 0 Å². The van der Waals surface area contributed by atoms with Crippen LogP contribution in [0, 0.1) is 5.41 Å². The van der Waals surface area contributed by atoms with Crippen LogP contribution in [0.25, 0.3) is 0 Å². The molecule has 3 aliphatic heterocycles. The molecule has 3 atom stereocenters. The fourth-order valence-electron chi connectivity index (χ4n) is 6.51. The number of hydrogen-bond acceptors (Lipinski definition) is 6. The van der Waals surface area contributed by atoms with Gasteiger partial charge in [0, 0.05) is 66.3 Å². The molecular weight excluding hydrogens is 473 g/mol. The summed E-state index contributed by atoms with van der Waals surface area (Å²) in [5, 5.41) is 11.4. The Morgan fingerprint density at radius 3 is 2.47 bits per heavy atom. The number of aliphatic hydroxyl groups is 1. The third-order valence-electron chi connectivity index (χ3n) is 8.14. The summed E-state index contributed by atoms with van der Waals surface area (Å²) >= 11 is 0. The average molecular weight is 505 g/mol. The highest BCUT2D eigenvalue weighted by atomic mass is 19.4. The number of hydrogen-bond donors (Lipinski definition) is 1. The number of fused-ring (bicyclic) bond motifs is 4. The van der Waals surface area contributed by atoms with Gasteiger partial charge >= 0.3 is 6.18 Å². The molecular formula is C27H31F3N2O4. The summed E-state index contributed by atoms with van der Waals surface area (Å²) in [6.45, 7) is 6.41. The van der Waals surface area contributed by atoms with Gasteiger partial charge in [0.1, 0.15) is 17.4 Å². The highest BCUT2D eigenvalue weighted by Crippen LogP contribution is 2.57. The second kappa shape index (κ2) is 8.48. The summed E-state index contributed by atoms with van der Waals surface area (Å²) < 4.78 is 57.9. The van der Waals surface area contributed by atoms with E-state index in [1.807, 2.05) is 0 Å². The Kier molecular flexibility index (Phi) is 5.72. The number of nitrogens with zero attached hydrogens (tertiary/aromatic N) is 2. The van der Waals surface area contributed by atoms with E-state index in [0.717, 1.165) is 53.4 Å². The molecule has 2 saturated heterocycles. The molecule has 1 spiro atoms. The van der Waals surface area contributed by atoms with Gasteiger partial charge in [0.15, 0.2) is 0 Å². The van der Waals surface area contributed by atoms with Crippen LogP contribution in [0.3, 0.4) is 0 Å². The molecule has 194 valence electrons. The van der Waals surface area contributed by atoms with Gasteiger partial charge in [0.2, 0.25) is 0 Å². The van der Waals surface area contributed by atoms with Crippen molar-refractivity contribution in [3.8, 4) is 0 Å². The molecule has 36 heavy (non-hydrogen) atoms. The first-order valence-electron chi connectivity index (χ1n) is 12.7. The van der Waals surface area contributed by atoms with Crippen LogP contribution in [0.5, 0.6) is 0 Å². The van der Waals surface area contributed by atoms with Crippen molar-refractivity contribution in [1.29, 1.82) is 0 Å². The Morgan fingerprint density at radius 1 is 1.06 bits per heavy atom. The molecule has 0 bridgehead atoms. The Morgan fingerprint density at radius 2 is 1.83 bits per heavy atom. The molecule has 0 saturated carbocycles. The van der Waals surface area contributed by atoms with Gasteiger partial charge in [-0.15, -0.1) is 0 Å². The van der Waals surface area contributed by atoms with Crippen molar-refractivity contribution in [3.05, 3.63) is 57.7 Å². The van der Waals surface area contributed by atoms with Gasteiger partial charge in [-0.1, -0.05) is 19.9 Å². The molecule has 3 unspecified atom stereocenters. The number of pyridine rings is 2. The van der Waals surface area contributed by atoms with Crippen molar-refractivity contribution >= 4 is 0 Å². The van der Waals surface area contributed by atoms with Crippen molar-refractivity contribution in [2.45, 2.75) is 75.9 Å². The number of ether oxygens (including phenoxy) is 3. The number of halogens is 3. The van der Waals surface area contributed by atoms with E-state index < -0.39 is 29.7 Å². The minimum absolute atomic E-state index is 0.101. The van der Waals surface area contributed by atoms with Crippen molar-refractivity contribution < 1.29 is 32.5 Å². The van der Waals surface area contributed by atoms with Gasteiger partial charge < -0.3 is 19.3 Å². The molecule has 2 aromatic rings. The minimum atomic E-state index is -4.52. The molecule has 9 heteroatoms. The number of aromatic nitrogens is 2. The molecule has 0 aromatic carbocycles. The zero-order valence-corrected chi connectivity index (χ0v) is 20.5. The number of aliphatic hydroxyl groups excluding tert-OH is 1. The predicted octanol–water partition coefficient (Wildman–Crippen LogP) is 5.13. The van der Waals surface area contributed by atoms with Crippen LogP contribution in [0.15, 0.2) is 18.3 Å². The van der Waals surface area contributed by atoms with Crippen molar-refractivity contribution in [2.75, 3.05) is 26.4 Å². The van der Waals surface area contributed by atoms with E-state index in [-0.39, 0.29) is 11.3 Å². The van der Waals surface area contributed by atoms with E-state index in [9.17, 15) is 18.3 Å². The molecule has 2 fully saturated rings. The average Bonchev–Trinajstić information content (AvgIpc) is 3.43. The van der Waals surface area contributed by atoms with Crippen LogP contribution in [0.1, 0.15) is 97.0 Å². The van der Waals surface area contributed by atoms with Crippen LogP contribution in [0.4, 0.5) is 13.2 Å². The molecule has 6 rings (SSSR count). The first-order valence-corrected chi connectivity index (χ1v) is 12.7. The van der Waals surface area contributed by atoms with Gasteiger partial charge in [-0.05, 0) is 37.2 Å². The highest BCUT2D eigenvalue weighted by Gasteiger charge is 2.54. The third kappa shape index (κ3) is 3.95. The van der Waals surface area contributed by atoms with Crippen LogP contribution < -0.4 is 0 Å². The van der Waals surface area contributed by atoms with E-state index in [1.54, 1.807) is 0 Å². The monoisotopic (exact) mass is 504 g/mol.